The quantitative estimate of drug-likeness (QED) is 0.809. The van der Waals surface area contributed by atoms with Crippen LogP contribution in [0.25, 0.3) is 0 Å². The average molecular weight is 391 g/mol. The van der Waals surface area contributed by atoms with Crippen molar-refractivity contribution in [2.75, 3.05) is 48.8 Å². The summed E-state index contributed by atoms with van der Waals surface area (Å²) in [6.45, 7) is 1.84. The number of nitrogens with zero attached hydrogens (tertiary/aromatic N) is 4. The highest BCUT2D eigenvalue weighted by Gasteiger charge is 2.21. The summed E-state index contributed by atoms with van der Waals surface area (Å²) in [7, 11) is 1.43. The minimum absolute atomic E-state index is 0.146. The van der Waals surface area contributed by atoms with Crippen molar-refractivity contribution >= 4 is 27.5 Å². The maximum atomic E-state index is 12.7. The standard InChI is InChI=1S/C18H25N5O3S/c1-22(2)17-16(13-19-18(20-17)23-11-5-4-6-12-23)21-27(24,25)15-9-7-14(26-3)8-10-15/h7-10,13,21H,4-6,11-12H2,1-3H3. The lowest BCUT2D eigenvalue weighted by Gasteiger charge is -2.28. The number of aromatic nitrogens is 2. The van der Waals surface area contributed by atoms with Gasteiger partial charge in [-0.3, -0.25) is 4.72 Å². The maximum Gasteiger partial charge on any atom is 0.262 e. The highest BCUT2D eigenvalue weighted by atomic mass is 32.2. The van der Waals surface area contributed by atoms with E-state index in [0.717, 1.165) is 25.9 Å². The summed E-state index contributed by atoms with van der Waals surface area (Å²) in [6, 6.07) is 6.22. The van der Waals surface area contributed by atoms with Crippen molar-refractivity contribution in [2.24, 2.45) is 0 Å². The van der Waals surface area contributed by atoms with Crippen LogP contribution in [0.15, 0.2) is 35.4 Å². The monoisotopic (exact) mass is 391 g/mol. The maximum absolute atomic E-state index is 12.7. The molecule has 1 aliphatic heterocycles. The highest BCUT2D eigenvalue weighted by Crippen LogP contribution is 2.27. The molecule has 2 aromatic rings. The predicted molar refractivity (Wildman–Crippen MR) is 106 cm³/mol. The van der Waals surface area contributed by atoms with Gasteiger partial charge in [-0.05, 0) is 43.5 Å². The highest BCUT2D eigenvalue weighted by molar-refractivity contribution is 7.92. The number of sulfonamides is 1. The minimum atomic E-state index is -3.76. The molecule has 9 heteroatoms. The van der Waals surface area contributed by atoms with Gasteiger partial charge in [-0.2, -0.15) is 4.98 Å². The molecule has 0 radical (unpaired) electrons. The summed E-state index contributed by atoms with van der Waals surface area (Å²) >= 11 is 0. The van der Waals surface area contributed by atoms with E-state index < -0.39 is 10.0 Å². The molecule has 1 fully saturated rings. The minimum Gasteiger partial charge on any atom is -0.497 e. The summed E-state index contributed by atoms with van der Waals surface area (Å²) in [5.41, 5.74) is 0.344. The molecule has 1 saturated heterocycles. The van der Waals surface area contributed by atoms with Crippen molar-refractivity contribution in [3.8, 4) is 5.75 Å². The van der Waals surface area contributed by atoms with Gasteiger partial charge >= 0.3 is 0 Å². The number of anilines is 3. The molecule has 0 bridgehead atoms. The third-order valence-corrected chi connectivity index (χ3v) is 5.81. The Morgan fingerprint density at radius 1 is 1.11 bits per heavy atom. The van der Waals surface area contributed by atoms with Crippen LogP contribution >= 0.6 is 0 Å². The topological polar surface area (TPSA) is 87.7 Å². The Labute approximate surface area is 160 Å². The molecule has 27 heavy (non-hydrogen) atoms. The van der Waals surface area contributed by atoms with Crippen LogP contribution in [-0.4, -0.2) is 52.7 Å². The first-order chi connectivity index (χ1) is 12.9. The lowest BCUT2D eigenvalue weighted by atomic mass is 10.1. The summed E-state index contributed by atoms with van der Waals surface area (Å²) in [6.07, 6.45) is 4.99. The Balaban J connectivity index is 1.88. The van der Waals surface area contributed by atoms with E-state index in [2.05, 4.69) is 19.6 Å². The van der Waals surface area contributed by atoms with Crippen molar-refractivity contribution in [1.82, 2.24) is 9.97 Å². The van der Waals surface area contributed by atoms with Crippen LogP contribution < -0.4 is 19.3 Å². The van der Waals surface area contributed by atoms with E-state index in [9.17, 15) is 8.42 Å². The lowest BCUT2D eigenvalue weighted by Crippen LogP contribution is -2.31. The van der Waals surface area contributed by atoms with Crippen LogP contribution in [0.4, 0.5) is 17.5 Å². The molecule has 0 atom stereocenters. The van der Waals surface area contributed by atoms with Crippen molar-refractivity contribution in [1.29, 1.82) is 0 Å². The van der Waals surface area contributed by atoms with E-state index >= 15 is 0 Å². The van der Waals surface area contributed by atoms with E-state index in [4.69, 9.17) is 4.74 Å². The molecular formula is C18H25N5O3S. The van der Waals surface area contributed by atoms with Gasteiger partial charge in [0.2, 0.25) is 5.95 Å². The van der Waals surface area contributed by atoms with E-state index in [1.807, 2.05) is 14.1 Å². The van der Waals surface area contributed by atoms with Gasteiger partial charge < -0.3 is 14.5 Å². The van der Waals surface area contributed by atoms with Crippen LogP contribution in [0, 0.1) is 0 Å². The smallest absolute Gasteiger partial charge is 0.262 e. The van der Waals surface area contributed by atoms with Gasteiger partial charge in [-0.1, -0.05) is 0 Å². The van der Waals surface area contributed by atoms with E-state index in [-0.39, 0.29) is 4.90 Å². The van der Waals surface area contributed by atoms with Gasteiger partial charge in [0.05, 0.1) is 18.2 Å². The number of methoxy groups -OCH3 is 1. The second kappa shape index (κ2) is 7.99. The van der Waals surface area contributed by atoms with Crippen LogP contribution in [0.5, 0.6) is 5.75 Å². The second-order valence-electron chi connectivity index (χ2n) is 6.63. The first-order valence-corrected chi connectivity index (χ1v) is 10.4. The van der Waals surface area contributed by atoms with E-state index in [1.165, 1.54) is 31.9 Å². The second-order valence-corrected chi connectivity index (χ2v) is 8.31. The van der Waals surface area contributed by atoms with Gasteiger partial charge in [0.1, 0.15) is 11.4 Å². The van der Waals surface area contributed by atoms with Crippen LogP contribution in [0.2, 0.25) is 0 Å². The number of benzene rings is 1. The first kappa shape index (κ1) is 19.2. The molecule has 1 aromatic heterocycles. The molecule has 0 unspecified atom stereocenters. The largest absolute Gasteiger partial charge is 0.497 e. The molecule has 0 saturated carbocycles. The zero-order valence-corrected chi connectivity index (χ0v) is 16.7. The van der Waals surface area contributed by atoms with Gasteiger partial charge in [-0.15, -0.1) is 0 Å². The number of piperidine rings is 1. The zero-order chi connectivity index (χ0) is 19.4. The van der Waals surface area contributed by atoms with Crippen molar-refractivity contribution in [3.63, 3.8) is 0 Å². The molecular weight excluding hydrogens is 366 g/mol. The number of nitrogens with one attached hydrogen (secondary N) is 1. The van der Waals surface area contributed by atoms with Gasteiger partial charge in [0, 0.05) is 27.2 Å². The average Bonchev–Trinajstić information content (AvgIpc) is 2.68. The summed E-state index contributed by atoms with van der Waals surface area (Å²) in [5, 5.41) is 0. The summed E-state index contributed by atoms with van der Waals surface area (Å²) in [5.74, 6) is 1.76. The third-order valence-electron chi connectivity index (χ3n) is 4.43. The van der Waals surface area contributed by atoms with Gasteiger partial charge in [-0.25, -0.2) is 13.4 Å². The fourth-order valence-electron chi connectivity index (χ4n) is 2.98. The Hall–Kier alpha value is -2.55. The molecule has 3 rings (SSSR count). The van der Waals surface area contributed by atoms with E-state index in [1.54, 1.807) is 17.0 Å². The fraction of sp³-hybridized carbons (Fsp3) is 0.444. The molecule has 1 aliphatic rings. The number of hydrogen-bond donors (Lipinski definition) is 1. The Morgan fingerprint density at radius 2 is 1.78 bits per heavy atom. The number of hydrogen-bond acceptors (Lipinski definition) is 7. The van der Waals surface area contributed by atoms with Crippen molar-refractivity contribution in [2.45, 2.75) is 24.2 Å². The molecule has 146 valence electrons. The molecule has 8 nitrogen and oxygen atoms in total. The normalized spacial score (nSPS) is 14.7. The van der Waals surface area contributed by atoms with Crippen LogP contribution in [0.1, 0.15) is 19.3 Å². The predicted octanol–water partition coefficient (Wildman–Crippen LogP) is 2.34. The Kier molecular flexibility index (Phi) is 5.69. The molecule has 0 spiro atoms. The molecule has 1 aromatic carbocycles. The van der Waals surface area contributed by atoms with Crippen LogP contribution in [0.3, 0.4) is 0 Å². The van der Waals surface area contributed by atoms with Gasteiger partial charge in [0.25, 0.3) is 10.0 Å². The third kappa shape index (κ3) is 4.41. The van der Waals surface area contributed by atoms with Gasteiger partial charge in [0.15, 0.2) is 5.82 Å². The first-order valence-electron chi connectivity index (χ1n) is 8.87. The zero-order valence-electron chi connectivity index (χ0n) is 15.8. The molecule has 0 aliphatic carbocycles. The summed E-state index contributed by atoms with van der Waals surface area (Å²) in [4.78, 5) is 13.0. The molecule has 1 N–H and O–H groups in total. The molecule has 2 heterocycles. The summed E-state index contributed by atoms with van der Waals surface area (Å²) < 4.78 is 33.1. The lowest BCUT2D eigenvalue weighted by molar-refractivity contribution is 0.414. The Bertz CT molecular complexity index is 878. The van der Waals surface area contributed by atoms with E-state index in [0.29, 0.717) is 23.2 Å². The fourth-order valence-corrected chi connectivity index (χ4v) is 4.03. The Morgan fingerprint density at radius 3 is 2.37 bits per heavy atom. The number of ether oxygens (including phenoxy) is 1. The SMILES string of the molecule is COc1ccc(S(=O)(=O)Nc2cnc(N3CCCCC3)nc2N(C)C)cc1. The van der Waals surface area contributed by atoms with Crippen molar-refractivity contribution < 1.29 is 13.2 Å². The van der Waals surface area contributed by atoms with Crippen LogP contribution in [-0.2, 0) is 10.0 Å². The number of rotatable bonds is 6. The molecule has 0 amide bonds. The van der Waals surface area contributed by atoms with Crippen molar-refractivity contribution in [3.05, 3.63) is 30.5 Å².